The Hall–Kier alpha value is -1.28. The highest BCUT2D eigenvalue weighted by Crippen LogP contribution is 2.05. The molecule has 0 aliphatic rings. The summed E-state index contributed by atoms with van der Waals surface area (Å²) in [7, 11) is 0. The molecule has 1 radical (unpaired) electrons. The van der Waals surface area contributed by atoms with Gasteiger partial charge in [-0.05, 0) is 11.1 Å². The molecule has 63 valence electrons. The van der Waals surface area contributed by atoms with Crippen molar-refractivity contribution in [2.75, 3.05) is 0 Å². The van der Waals surface area contributed by atoms with Crippen molar-refractivity contribution < 1.29 is 9.84 Å². The normalized spacial score (nSPS) is 9.42. The zero-order chi connectivity index (χ0) is 8.81. The van der Waals surface area contributed by atoms with E-state index in [2.05, 4.69) is 6.58 Å². The number of rotatable bonds is 4. The Labute approximate surface area is 72.1 Å². The summed E-state index contributed by atoms with van der Waals surface area (Å²) < 4.78 is 4.98. The lowest BCUT2D eigenvalue weighted by atomic mass is 10.1. The van der Waals surface area contributed by atoms with Crippen molar-refractivity contribution in [1.29, 1.82) is 0 Å². The van der Waals surface area contributed by atoms with Gasteiger partial charge in [-0.15, -0.1) is 0 Å². The largest absolute Gasteiger partial charge is 0.497 e. The molecule has 0 atom stereocenters. The molecule has 0 unspecified atom stereocenters. The minimum atomic E-state index is -0.164. The van der Waals surface area contributed by atoms with E-state index >= 15 is 0 Å². The molecule has 1 aromatic carbocycles. The van der Waals surface area contributed by atoms with Crippen LogP contribution in [0.2, 0.25) is 0 Å². The molecule has 0 spiro atoms. The molecule has 0 saturated heterocycles. The van der Waals surface area contributed by atoms with Crippen molar-refractivity contribution in [2.24, 2.45) is 0 Å². The molecule has 12 heavy (non-hydrogen) atoms. The van der Waals surface area contributed by atoms with E-state index in [1.165, 1.54) is 6.26 Å². The molecule has 0 saturated carbocycles. The van der Waals surface area contributed by atoms with Crippen molar-refractivity contribution in [3.63, 3.8) is 0 Å². The lowest BCUT2D eigenvalue weighted by Crippen LogP contribution is -1.87. The Balaban J connectivity index is 2.58. The Morgan fingerprint density at radius 3 is 2.33 bits per heavy atom. The van der Waals surface area contributed by atoms with Crippen LogP contribution in [-0.4, -0.2) is 0 Å². The molecule has 1 aromatic rings. The summed E-state index contributed by atoms with van der Waals surface area (Å²) >= 11 is 0. The summed E-state index contributed by atoms with van der Waals surface area (Å²) in [5.41, 5.74) is 1.85. The minimum absolute atomic E-state index is 0.164. The maximum absolute atomic E-state index is 10.4. The molecule has 0 bridgehead atoms. The highest BCUT2D eigenvalue weighted by atomic mass is 16.5. The summed E-state index contributed by atoms with van der Waals surface area (Å²) in [4.78, 5) is 0. The maximum atomic E-state index is 10.4. The van der Waals surface area contributed by atoms with Gasteiger partial charge in [0.2, 0.25) is 0 Å². The van der Waals surface area contributed by atoms with E-state index in [9.17, 15) is 5.11 Å². The van der Waals surface area contributed by atoms with Crippen molar-refractivity contribution in [2.45, 2.75) is 13.2 Å². The molecule has 0 heterocycles. The molecule has 0 fully saturated rings. The van der Waals surface area contributed by atoms with Crippen molar-refractivity contribution in [1.82, 2.24) is 0 Å². The topological polar surface area (TPSA) is 29.1 Å². The van der Waals surface area contributed by atoms with Crippen molar-refractivity contribution in [3.8, 4) is 0 Å². The second kappa shape index (κ2) is 4.57. The molecule has 0 aliphatic carbocycles. The molecule has 0 amide bonds. The molecule has 1 rings (SSSR count). The Morgan fingerprint density at radius 1 is 1.25 bits per heavy atom. The average Bonchev–Trinajstić information content (AvgIpc) is 2.15. The summed E-state index contributed by atoms with van der Waals surface area (Å²) in [6, 6.07) is 7.40. The van der Waals surface area contributed by atoms with E-state index < -0.39 is 0 Å². The number of hydrogen-bond donors (Lipinski definition) is 0. The van der Waals surface area contributed by atoms with Gasteiger partial charge < -0.3 is 4.74 Å². The second-order valence-electron chi connectivity index (χ2n) is 2.44. The van der Waals surface area contributed by atoms with Crippen LogP contribution in [0.25, 0.3) is 0 Å². The van der Waals surface area contributed by atoms with E-state index in [-0.39, 0.29) is 6.61 Å². The maximum Gasteiger partial charge on any atom is 0.112 e. The summed E-state index contributed by atoms with van der Waals surface area (Å²) in [6.45, 7) is 3.79. The van der Waals surface area contributed by atoms with Gasteiger partial charge in [0.05, 0.1) is 6.26 Å². The highest BCUT2D eigenvalue weighted by Gasteiger charge is 1.92. The Morgan fingerprint density at radius 2 is 1.83 bits per heavy atom. The van der Waals surface area contributed by atoms with Crippen LogP contribution in [-0.2, 0) is 23.1 Å². The predicted octanol–water partition coefficient (Wildman–Crippen LogP) is 2.28. The average molecular weight is 163 g/mol. The third kappa shape index (κ3) is 2.40. The van der Waals surface area contributed by atoms with Crippen LogP contribution < -0.4 is 0 Å². The highest BCUT2D eigenvalue weighted by molar-refractivity contribution is 5.21. The summed E-state index contributed by atoms with van der Waals surface area (Å²) in [5.74, 6) is 0. The van der Waals surface area contributed by atoms with E-state index in [0.717, 1.165) is 11.1 Å². The van der Waals surface area contributed by atoms with E-state index in [4.69, 9.17) is 4.74 Å². The number of ether oxygens (including phenoxy) is 1. The zero-order valence-electron chi connectivity index (χ0n) is 6.82. The third-order valence-electron chi connectivity index (χ3n) is 1.56. The standard InChI is InChI=1S/C10H11O2/c1-2-12-8-10-5-3-9(7-11)4-6-10/h2-6H,1,7-8H2. The molecule has 0 N–H and O–H groups in total. The van der Waals surface area contributed by atoms with E-state index in [0.29, 0.717) is 6.61 Å². The predicted molar refractivity (Wildman–Crippen MR) is 45.8 cm³/mol. The molecule has 0 aromatic heterocycles. The first kappa shape index (κ1) is 8.81. The number of benzene rings is 1. The summed E-state index contributed by atoms with van der Waals surface area (Å²) in [6.07, 6.45) is 1.40. The van der Waals surface area contributed by atoms with E-state index in [1.807, 2.05) is 24.3 Å². The lowest BCUT2D eigenvalue weighted by Gasteiger charge is -2.00. The van der Waals surface area contributed by atoms with Gasteiger partial charge in [-0.25, -0.2) is 5.11 Å². The third-order valence-corrected chi connectivity index (χ3v) is 1.56. The lowest BCUT2D eigenvalue weighted by molar-refractivity contribution is 0.177. The first-order chi connectivity index (χ1) is 5.86. The molecule has 0 aliphatic heterocycles. The van der Waals surface area contributed by atoms with E-state index in [1.54, 1.807) is 0 Å². The molecular weight excluding hydrogens is 152 g/mol. The van der Waals surface area contributed by atoms with Gasteiger partial charge in [0, 0.05) is 0 Å². The van der Waals surface area contributed by atoms with Gasteiger partial charge in [-0.1, -0.05) is 30.8 Å². The van der Waals surface area contributed by atoms with Crippen LogP contribution in [0.15, 0.2) is 37.1 Å². The van der Waals surface area contributed by atoms with Gasteiger partial charge in [-0.2, -0.15) is 0 Å². The quantitative estimate of drug-likeness (QED) is 0.626. The SMILES string of the molecule is C=COCc1ccc(C[O])cc1. The Kier molecular flexibility index (Phi) is 3.35. The fraction of sp³-hybridized carbons (Fsp3) is 0.200. The molecule has 2 heteroatoms. The van der Waals surface area contributed by atoms with Crippen LogP contribution >= 0.6 is 0 Å². The number of hydrogen-bond acceptors (Lipinski definition) is 1. The fourth-order valence-electron chi connectivity index (χ4n) is 0.887. The smallest absolute Gasteiger partial charge is 0.112 e. The Bertz CT molecular complexity index is 239. The monoisotopic (exact) mass is 163 g/mol. The zero-order valence-corrected chi connectivity index (χ0v) is 6.82. The van der Waals surface area contributed by atoms with Crippen LogP contribution in [0.5, 0.6) is 0 Å². The molecule has 2 nitrogen and oxygen atoms in total. The summed E-state index contributed by atoms with van der Waals surface area (Å²) in [5, 5.41) is 10.4. The first-order valence-electron chi connectivity index (χ1n) is 3.75. The fourth-order valence-corrected chi connectivity index (χ4v) is 0.887. The van der Waals surface area contributed by atoms with Crippen LogP contribution in [0, 0.1) is 0 Å². The van der Waals surface area contributed by atoms with Crippen LogP contribution in [0.4, 0.5) is 0 Å². The molecular formula is C10H11O2. The second-order valence-corrected chi connectivity index (χ2v) is 2.44. The first-order valence-corrected chi connectivity index (χ1v) is 3.75. The van der Waals surface area contributed by atoms with Crippen LogP contribution in [0.3, 0.4) is 0 Å². The van der Waals surface area contributed by atoms with Crippen molar-refractivity contribution in [3.05, 3.63) is 48.2 Å². The van der Waals surface area contributed by atoms with Gasteiger partial charge in [0.25, 0.3) is 0 Å². The van der Waals surface area contributed by atoms with Gasteiger partial charge in [-0.3, -0.25) is 0 Å². The minimum Gasteiger partial charge on any atom is -0.497 e. The van der Waals surface area contributed by atoms with Crippen molar-refractivity contribution >= 4 is 0 Å². The van der Waals surface area contributed by atoms with Gasteiger partial charge in [0.15, 0.2) is 0 Å². The van der Waals surface area contributed by atoms with Gasteiger partial charge in [0.1, 0.15) is 13.2 Å². The van der Waals surface area contributed by atoms with Crippen LogP contribution in [0.1, 0.15) is 11.1 Å². The van der Waals surface area contributed by atoms with Gasteiger partial charge >= 0.3 is 0 Å².